The fourth-order valence-corrected chi connectivity index (χ4v) is 7.23. The van der Waals surface area contributed by atoms with Crippen LogP contribution in [0.15, 0.2) is 30.0 Å². The van der Waals surface area contributed by atoms with E-state index < -0.39 is 23.4 Å². The Morgan fingerprint density at radius 3 is 2.60 bits per heavy atom. The Bertz CT molecular complexity index is 1300. The Kier molecular flexibility index (Phi) is 9.73. The normalized spacial score (nSPS) is 27.3. The number of hydrogen-bond donors (Lipinski definition) is 1. The van der Waals surface area contributed by atoms with Crippen LogP contribution >= 0.6 is 23.2 Å². The van der Waals surface area contributed by atoms with Crippen LogP contribution in [0.3, 0.4) is 0 Å². The molecule has 0 aromatic heterocycles. The van der Waals surface area contributed by atoms with Gasteiger partial charge in [0.05, 0.1) is 25.9 Å². The van der Waals surface area contributed by atoms with Crippen molar-refractivity contribution < 1.29 is 28.7 Å². The van der Waals surface area contributed by atoms with Gasteiger partial charge in [-0.15, -0.1) is 0 Å². The second kappa shape index (κ2) is 13.2. The lowest BCUT2D eigenvalue weighted by molar-refractivity contribution is -0.182. The third-order valence-corrected chi connectivity index (χ3v) is 9.76. The Labute approximate surface area is 263 Å². The van der Waals surface area contributed by atoms with Gasteiger partial charge in [-0.25, -0.2) is 0 Å². The molecular formula is C32H41Cl2N3O6. The molecule has 3 heterocycles. The van der Waals surface area contributed by atoms with Gasteiger partial charge in [0.1, 0.15) is 5.41 Å². The fourth-order valence-electron chi connectivity index (χ4n) is 6.77. The first-order chi connectivity index (χ1) is 20.5. The lowest BCUT2D eigenvalue weighted by Gasteiger charge is -2.53. The highest BCUT2D eigenvalue weighted by molar-refractivity contribution is 6.35. The molecule has 0 radical (unpaired) electrons. The zero-order chi connectivity index (χ0) is 30.9. The zero-order valence-corrected chi connectivity index (χ0v) is 26.6. The van der Waals surface area contributed by atoms with E-state index >= 15 is 0 Å². The first-order valence-corrected chi connectivity index (χ1v) is 16.1. The monoisotopic (exact) mass is 633 g/mol. The number of carbonyl (C=O) groups excluding carboxylic acids is 4. The maximum atomic E-state index is 14.3. The number of halogens is 2. The summed E-state index contributed by atoms with van der Waals surface area (Å²) in [4.78, 5) is 56.7. The quantitative estimate of drug-likeness (QED) is 0.279. The highest BCUT2D eigenvalue weighted by atomic mass is 35.5. The number of nitrogens with one attached hydrogen (secondary N) is 1. The topological polar surface area (TPSA) is 105 Å². The van der Waals surface area contributed by atoms with Crippen LogP contribution < -0.4 is 5.32 Å². The summed E-state index contributed by atoms with van der Waals surface area (Å²) >= 11 is 12.7. The smallest absolute Gasteiger partial charge is 0.320 e. The van der Waals surface area contributed by atoms with Gasteiger partial charge in [0.25, 0.3) is 0 Å². The van der Waals surface area contributed by atoms with Gasteiger partial charge in [0.2, 0.25) is 17.7 Å². The van der Waals surface area contributed by atoms with E-state index in [1.165, 1.54) is 7.11 Å². The van der Waals surface area contributed by atoms with Crippen LogP contribution in [0.25, 0.3) is 0 Å². The summed E-state index contributed by atoms with van der Waals surface area (Å²) in [6.07, 6.45) is 5.09. The largest absolute Gasteiger partial charge is 0.468 e. The fraction of sp³-hybridized carbons (Fsp3) is 0.625. The van der Waals surface area contributed by atoms with Gasteiger partial charge in [-0.3, -0.25) is 19.2 Å². The maximum absolute atomic E-state index is 14.3. The van der Waals surface area contributed by atoms with Crippen LogP contribution in [0.1, 0.15) is 64.4 Å². The number of esters is 1. The van der Waals surface area contributed by atoms with Crippen molar-refractivity contribution in [3.05, 3.63) is 45.6 Å². The molecule has 0 spiro atoms. The molecule has 234 valence electrons. The van der Waals surface area contributed by atoms with Crippen molar-refractivity contribution in [2.75, 3.05) is 26.7 Å². The van der Waals surface area contributed by atoms with E-state index in [9.17, 15) is 19.2 Å². The molecule has 4 aliphatic rings. The molecule has 1 aliphatic carbocycles. The van der Waals surface area contributed by atoms with Crippen molar-refractivity contribution >= 4 is 46.9 Å². The summed E-state index contributed by atoms with van der Waals surface area (Å²) in [5, 5.41) is 3.81. The lowest BCUT2D eigenvalue weighted by Crippen LogP contribution is -2.61. The van der Waals surface area contributed by atoms with Gasteiger partial charge < -0.3 is 24.6 Å². The van der Waals surface area contributed by atoms with Crippen LogP contribution in [-0.4, -0.2) is 72.4 Å². The minimum Gasteiger partial charge on any atom is -0.468 e. The Hall–Kier alpha value is -2.62. The number of carbonyl (C=O) groups is 4. The van der Waals surface area contributed by atoms with Gasteiger partial charge in [0.15, 0.2) is 0 Å². The molecule has 9 nitrogen and oxygen atoms in total. The summed E-state index contributed by atoms with van der Waals surface area (Å²) in [7, 11) is 1.36. The number of amides is 3. The summed E-state index contributed by atoms with van der Waals surface area (Å²) in [5.74, 6) is -1.34. The summed E-state index contributed by atoms with van der Waals surface area (Å²) < 4.78 is 12.1. The second-order valence-electron chi connectivity index (χ2n) is 12.6. The van der Waals surface area contributed by atoms with Crippen molar-refractivity contribution in [3.8, 4) is 0 Å². The molecule has 1 N–H and O–H groups in total. The highest BCUT2D eigenvalue weighted by Gasteiger charge is 2.63. The van der Waals surface area contributed by atoms with Crippen LogP contribution in [0.2, 0.25) is 10.0 Å². The summed E-state index contributed by atoms with van der Waals surface area (Å²) in [6.45, 7) is 5.95. The van der Waals surface area contributed by atoms with Gasteiger partial charge in [-0.05, 0) is 67.7 Å². The number of fused-ring (bicyclic) bond motifs is 1. The average Bonchev–Trinajstić information content (AvgIpc) is 3.74. The van der Waals surface area contributed by atoms with Crippen LogP contribution in [0.5, 0.6) is 0 Å². The maximum Gasteiger partial charge on any atom is 0.320 e. The predicted octanol–water partition coefficient (Wildman–Crippen LogP) is 4.74. The number of hydrogen-bond acceptors (Lipinski definition) is 6. The number of methoxy groups -OCH3 is 1. The number of piperidine rings is 1. The molecule has 4 atom stereocenters. The third kappa shape index (κ3) is 6.59. The van der Waals surface area contributed by atoms with Gasteiger partial charge in [-0.1, -0.05) is 43.1 Å². The van der Waals surface area contributed by atoms with Crippen molar-refractivity contribution in [2.45, 2.75) is 77.5 Å². The van der Waals surface area contributed by atoms with Crippen molar-refractivity contribution in [2.24, 2.45) is 23.2 Å². The lowest BCUT2D eigenvalue weighted by atomic mass is 9.64. The third-order valence-electron chi connectivity index (χ3n) is 9.17. The molecule has 3 amide bonds. The first-order valence-electron chi connectivity index (χ1n) is 15.3. The van der Waals surface area contributed by atoms with Crippen molar-refractivity contribution in [1.29, 1.82) is 0 Å². The SMILES string of the molecule is COC(=O)[C@]12C[C@H](CC(=O)NCCCN3CCCC3=O)C(=O)N(Cc3ccc(Cl)cc3Cl)C1=C[C@H](C(C)C)O[C@@H]2C1CC1. The molecular weight excluding hydrogens is 593 g/mol. The molecule has 0 unspecified atom stereocenters. The van der Waals surface area contributed by atoms with Crippen LogP contribution in [0.4, 0.5) is 0 Å². The Balaban J connectivity index is 1.44. The molecule has 5 rings (SSSR count). The molecule has 43 heavy (non-hydrogen) atoms. The molecule has 1 saturated carbocycles. The van der Waals surface area contributed by atoms with E-state index in [2.05, 4.69) is 19.2 Å². The number of ether oxygens (including phenoxy) is 2. The second-order valence-corrected chi connectivity index (χ2v) is 13.4. The Morgan fingerprint density at radius 1 is 1.21 bits per heavy atom. The van der Waals surface area contributed by atoms with Gasteiger partial charge in [-0.2, -0.15) is 0 Å². The standard InChI is InChI=1S/C32H41Cl2N3O6/c1-19(2)25-16-26-32(31(41)42-3,29(43-25)20-7-8-20)17-22(14-27(38)35-11-5-13-36-12-4-6-28(36)39)30(40)37(26)18-21-9-10-23(33)15-24(21)34/h9-10,15-16,19-20,22,25,29H,4-8,11-14,17-18H2,1-3H3,(H,35,38)/t22-,25+,29+,32+/m0/s1. The first kappa shape index (κ1) is 31.8. The molecule has 0 bridgehead atoms. The molecule has 1 aromatic carbocycles. The van der Waals surface area contributed by atoms with Gasteiger partial charge >= 0.3 is 5.97 Å². The van der Waals surface area contributed by atoms with Crippen LogP contribution in [0, 0.1) is 23.2 Å². The van der Waals surface area contributed by atoms with Crippen molar-refractivity contribution in [1.82, 2.24) is 15.1 Å². The number of rotatable bonds is 11. The van der Waals surface area contributed by atoms with E-state index in [1.54, 1.807) is 23.1 Å². The van der Waals surface area contributed by atoms with Crippen LogP contribution in [-0.2, 0) is 35.2 Å². The zero-order valence-electron chi connectivity index (χ0n) is 25.1. The van der Waals surface area contributed by atoms with Gasteiger partial charge in [0, 0.05) is 54.1 Å². The minimum absolute atomic E-state index is 0.0800. The molecule has 3 aliphatic heterocycles. The van der Waals surface area contributed by atoms with Crippen molar-refractivity contribution in [3.63, 3.8) is 0 Å². The van der Waals surface area contributed by atoms with E-state index in [4.69, 9.17) is 32.7 Å². The average molecular weight is 635 g/mol. The number of benzene rings is 1. The van der Waals surface area contributed by atoms with E-state index in [1.807, 2.05) is 11.0 Å². The summed E-state index contributed by atoms with van der Waals surface area (Å²) in [5.41, 5.74) is 0.00944. The Morgan fingerprint density at radius 2 is 1.98 bits per heavy atom. The molecule has 2 saturated heterocycles. The van der Waals surface area contributed by atoms with E-state index in [0.29, 0.717) is 47.2 Å². The highest BCUT2D eigenvalue weighted by Crippen LogP contribution is 2.56. The molecule has 1 aromatic rings. The number of nitrogens with zero attached hydrogens (tertiary/aromatic N) is 2. The molecule has 3 fully saturated rings. The number of likely N-dealkylation sites (tertiary alicyclic amines) is 2. The van der Waals surface area contributed by atoms with E-state index in [-0.39, 0.29) is 55.0 Å². The summed E-state index contributed by atoms with van der Waals surface area (Å²) in [6, 6.07) is 5.12. The molecule has 11 heteroatoms. The van der Waals surface area contributed by atoms with E-state index in [0.717, 1.165) is 25.8 Å². The minimum atomic E-state index is -1.24. The predicted molar refractivity (Wildman–Crippen MR) is 162 cm³/mol.